The summed E-state index contributed by atoms with van der Waals surface area (Å²) in [6.45, 7) is 4.97. The molecule has 0 amide bonds. The summed E-state index contributed by atoms with van der Waals surface area (Å²) in [7, 11) is -1.77. The first-order valence-corrected chi connectivity index (χ1v) is 19.9. The van der Waals surface area contributed by atoms with E-state index < -0.39 is 8.07 Å². The molecule has 232 valence electrons. The number of benzene rings is 2. The molecule has 1 aliphatic rings. The van der Waals surface area contributed by atoms with Gasteiger partial charge < -0.3 is 37.2 Å². The third-order valence-electron chi connectivity index (χ3n) is 8.91. The van der Waals surface area contributed by atoms with Gasteiger partial charge in [-0.2, -0.15) is 0 Å². The molecule has 1 atom stereocenters. The molecule has 2 aromatic carbocycles. The topological polar surface area (TPSA) is 0 Å². The fraction of sp³-hybridized carbons (Fsp3) is 0.568. The Bertz CT molecular complexity index is 993. The number of rotatable bonds is 21. The van der Waals surface area contributed by atoms with Crippen LogP contribution in [0.15, 0.2) is 81.4 Å². The quantitative estimate of drug-likeness (QED) is 0.140. The van der Waals surface area contributed by atoms with Gasteiger partial charge in [0.15, 0.2) is 0 Å². The number of hydrogen-bond donors (Lipinski definition) is 0. The number of halogens is 3. The van der Waals surface area contributed by atoms with E-state index in [9.17, 15) is 0 Å². The van der Waals surface area contributed by atoms with Gasteiger partial charge in [0, 0.05) is 0 Å². The summed E-state index contributed by atoms with van der Waals surface area (Å²) in [6, 6.07) is 24.0. The van der Waals surface area contributed by atoms with Crippen LogP contribution in [-0.2, 0) is 26.9 Å². The Morgan fingerprint density at radius 2 is 1.02 bits per heavy atom. The number of unbranched alkanes of at least 4 members (excludes halogenated alkanes) is 15. The monoisotopic (exact) mass is 680 g/mol. The molecule has 0 aromatic heterocycles. The van der Waals surface area contributed by atoms with E-state index in [1.165, 1.54) is 114 Å². The molecule has 0 aliphatic heterocycles. The Morgan fingerprint density at radius 3 is 1.50 bits per heavy atom. The predicted molar refractivity (Wildman–Crippen MR) is 172 cm³/mol. The molecule has 2 aromatic rings. The summed E-state index contributed by atoms with van der Waals surface area (Å²) in [4.78, 5) is 0. The van der Waals surface area contributed by atoms with Crippen LogP contribution < -0.4 is 42.4 Å². The minimum Gasteiger partial charge on any atom is -1.00 e. The van der Waals surface area contributed by atoms with Gasteiger partial charge in [0.05, 0.1) is 0 Å². The minimum atomic E-state index is -1.77. The first kappa shape index (κ1) is 41.7. The fourth-order valence-electron chi connectivity index (χ4n) is 6.53. The maximum absolute atomic E-state index is 2.66. The van der Waals surface area contributed by atoms with Gasteiger partial charge in [0.1, 0.15) is 0 Å². The van der Waals surface area contributed by atoms with Crippen LogP contribution in [0.5, 0.6) is 0 Å². The summed E-state index contributed by atoms with van der Waals surface area (Å²) >= 11 is 2.41. The van der Waals surface area contributed by atoms with E-state index in [1.54, 1.807) is 19.8 Å². The maximum atomic E-state index is 2.66. The van der Waals surface area contributed by atoms with Gasteiger partial charge >= 0.3 is 197 Å². The van der Waals surface area contributed by atoms with Crippen molar-refractivity contribution in [2.45, 2.75) is 135 Å². The van der Waals surface area contributed by atoms with E-state index in [1.807, 2.05) is 0 Å². The Kier molecular flexibility index (Phi) is 24.8. The van der Waals surface area contributed by atoms with Crippen LogP contribution in [0, 0.1) is 0 Å². The standard InChI is InChI=1S/C37H55Si.3ClH.Ti/c1-3-4-5-6-7-8-9-10-11-12-13-14-15-16-17-24-32-38(2,36-29-22-19-23-30-36)37-31-25-28-35(37)33-34-26-20-18-21-27-34;;;;/h18-23,26-30H,3-17,24-25,32-33H2,1-2H3;3*1H;/q;;;;+3/p-3. The van der Waals surface area contributed by atoms with Crippen molar-refractivity contribution in [2.24, 2.45) is 0 Å². The van der Waals surface area contributed by atoms with E-state index >= 15 is 0 Å². The van der Waals surface area contributed by atoms with E-state index in [4.69, 9.17) is 0 Å². The second-order valence-corrected chi connectivity index (χ2v) is 17.4. The van der Waals surface area contributed by atoms with Crippen molar-refractivity contribution in [3.8, 4) is 0 Å². The Morgan fingerprint density at radius 1 is 0.595 bits per heavy atom. The summed E-state index contributed by atoms with van der Waals surface area (Å²) in [6.07, 6.45) is 27.8. The van der Waals surface area contributed by atoms with Crippen LogP contribution >= 0.6 is 0 Å². The van der Waals surface area contributed by atoms with Gasteiger partial charge in [-0.15, -0.1) is 0 Å². The van der Waals surface area contributed by atoms with Crippen molar-refractivity contribution in [3.05, 3.63) is 87.0 Å². The third kappa shape index (κ3) is 14.7. The SMILES string of the molecule is CCCCCCCCCCCCCCCCCC[Si](C)(C1=[C]([Ti+3])CC=C1Cc1ccccc1)c1ccccc1.[Cl-].[Cl-].[Cl-]. The normalized spacial score (nSPS) is 14.0. The third-order valence-corrected chi connectivity index (χ3v) is 14.7. The molecular formula is C37H55Cl3SiTi. The summed E-state index contributed by atoms with van der Waals surface area (Å²) in [5, 5.41) is 3.39. The van der Waals surface area contributed by atoms with Crippen molar-refractivity contribution in [1.82, 2.24) is 0 Å². The minimum absolute atomic E-state index is 0. The van der Waals surface area contributed by atoms with E-state index in [0.29, 0.717) is 0 Å². The molecule has 0 saturated carbocycles. The fourth-order valence-corrected chi connectivity index (χ4v) is 12.6. The first-order chi connectivity index (χ1) is 19.1. The molecule has 0 fully saturated rings. The molecule has 0 bridgehead atoms. The Hall–Kier alpha value is -0.279. The summed E-state index contributed by atoms with van der Waals surface area (Å²) in [5.74, 6) is 0. The van der Waals surface area contributed by atoms with E-state index in [2.05, 4.69) is 101 Å². The average Bonchev–Trinajstić information content (AvgIpc) is 3.33. The molecule has 0 nitrogen and oxygen atoms in total. The van der Waals surface area contributed by atoms with Crippen LogP contribution in [-0.4, -0.2) is 8.07 Å². The van der Waals surface area contributed by atoms with Crippen molar-refractivity contribution in [1.29, 1.82) is 0 Å². The van der Waals surface area contributed by atoms with Crippen LogP contribution in [0.3, 0.4) is 0 Å². The van der Waals surface area contributed by atoms with Crippen LogP contribution in [0.2, 0.25) is 12.6 Å². The van der Waals surface area contributed by atoms with Crippen molar-refractivity contribution < 1.29 is 57.7 Å². The molecule has 1 unspecified atom stereocenters. The average molecular weight is 682 g/mol. The Balaban J connectivity index is 0.00000560. The van der Waals surface area contributed by atoms with E-state index in [0.717, 1.165) is 12.8 Å². The van der Waals surface area contributed by atoms with Gasteiger partial charge in [-0.3, -0.25) is 0 Å². The molecule has 0 radical (unpaired) electrons. The van der Waals surface area contributed by atoms with Crippen LogP contribution in [0.1, 0.15) is 122 Å². The smallest absolute Gasteiger partial charge is 1.00 e. The zero-order valence-electron chi connectivity index (χ0n) is 26.4. The van der Waals surface area contributed by atoms with Crippen LogP contribution in [0.4, 0.5) is 0 Å². The van der Waals surface area contributed by atoms with Gasteiger partial charge in [-0.25, -0.2) is 0 Å². The maximum Gasteiger partial charge on any atom is -1.00 e. The molecule has 1 aliphatic carbocycles. The van der Waals surface area contributed by atoms with Gasteiger partial charge in [0.2, 0.25) is 0 Å². The number of hydrogen-bond acceptors (Lipinski definition) is 0. The molecule has 42 heavy (non-hydrogen) atoms. The van der Waals surface area contributed by atoms with E-state index in [-0.39, 0.29) is 37.2 Å². The van der Waals surface area contributed by atoms with Crippen LogP contribution in [0.25, 0.3) is 0 Å². The largest absolute Gasteiger partial charge is 1.00 e. The molecule has 0 N–H and O–H groups in total. The molecule has 3 rings (SSSR count). The predicted octanol–water partition coefficient (Wildman–Crippen LogP) is 2.16. The zero-order chi connectivity index (χ0) is 27.6. The summed E-state index contributed by atoms with van der Waals surface area (Å²) < 4.78 is 1.63. The molecule has 0 heterocycles. The number of allylic oxidation sites excluding steroid dienone is 4. The first-order valence-electron chi connectivity index (χ1n) is 16.4. The van der Waals surface area contributed by atoms with Crippen molar-refractivity contribution in [2.75, 3.05) is 0 Å². The molecule has 5 heteroatoms. The van der Waals surface area contributed by atoms with Gasteiger partial charge in [-0.1, -0.05) is 58.3 Å². The van der Waals surface area contributed by atoms with Crippen molar-refractivity contribution >= 4 is 13.3 Å². The Labute approximate surface area is 291 Å². The van der Waals surface area contributed by atoms with Gasteiger partial charge in [0.25, 0.3) is 0 Å². The molecular weight excluding hydrogens is 627 g/mol. The second-order valence-electron chi connectivity index (χ2n) is 12.2. The zero-order valence-corrected chi connectivity index (χ0v) is 31.2. The summed E-state index contributed by atoms with van der Waals surface area (Å²) in [5.41, 5.74) is 3.07. The molecule has 0 saturated heterocycles. The van der Waals surface area contributed by atoms with Crippen molar-refractivity contribution in [3.63, 3.8) is 0 Å². The van der Waals surface area contributed by atoms with Gasteiger partial charge in [-0.05, 0) is 0 Å². The second kappa shape index (κ2) is 25.0. The molecule has 0 spiro atoms.